The number of rotatable bonds is 7. The lowest BCUT2D eigenvalue weighted by Gasteiger charge is -2.08. The number of amides is 1. The van der Waals surface area contributed by atoms with Crippen LogP contribution in [0.4, 0.5) is 17.1 Å². The summed E-state index contributed by atoms with van der Waals surface area (Å²) < 4.78 is 0. The molecule has 2 rings (SSSR count). The predicted molar refractivity (Wildman–Crippen MR) is 95.7 cm³/mol. The molecule has 8 nitrogen and oxygen atoms in total. The summed E-state index contributed by atoms with van der Waals surface area (Å²) in [6, 6.07) is 10.6. The Labute approximate surface area is 147 Å². The van der Waals surface area contributed by atoms with Crippen LogP contribution in [0, 0.1) is 27.2 Å². The number of non-ortho nitro benzene ring substituents is 1. The Balaban J connectivity index is 1.88. The van der Waals surface area contributed by atoms with Crippen LogP contribution in [0.1, 0.15) is 11.1 Å². The van der Waals surface area contributed by atoms with Gasteiger partial charge < -0.3 is 5.32 Å². The molecule has 0 atom stereocenters. The highest BCUT2D eigenvalue weighted by atomic mass is 32.2. The number of hydrogen-bond donors (Lipinski definition) is 1. The quantitative estimate of drug-likeness (QED) is 0.594. The Morgan fingerprint density at radius 3 is 2.36 bits per heavy atom. The van der Waals surface area contributed by atoms with E-state index in [1.807, 2.05) is 0 Å². The number of carbonyl (C=O) groups is 1. The molecule has 9 heteroatoms. The molecule has 0 heterocycles. The maximum Gasteiger partial charge on any atom is 0.274 e. The van der Waals surface area contributed by atoms with Crippen molar-refractivity contribution >= 4 is 34.7 Å². The Morgan fingerprint density at radius 2 is 1.76 bits per heavy atom. The van der Waals surface area contributed by atoms with Gasteiger partial charge in [-0.25, -0.2) is 0 Å². The standard InChI is InChI=1S/C16H15N3O5S/c1-11-14(3-2-4-15(11)19(23)24)17-16(20)10-25-9-12-5-7-13(8-6-12)18(21)22/h2-8H,9-10H2,1H3,(H,17,20). The van der Waals surface area contributed by atoms with Gasteiger partial charge in [0.25, 0.3) is 11.4 Å². The van der Waals surface area contributed by atoms with E-state index in [9.17, 15) is 25.0 Å². The topological polar surface area (TPSA) is 115 Å². The molecule has 2 aromatic carbocycles. The monoisotopic (exact) mass is 361 g/mol. The van der Waals surface area contributed by atoms with Crippen LogP contribution in [0.25, 0.3) is 0 Å². The number of nitro groups is 2. The van der Waals surface area contributed by atoms with Gasteiger partial charge in [0.05, 0.1) is 26.9 Å². The zero-order valence-electron chi connectivity index (χ0n) is 13.3. The summed E-state index contributed by atoms with van der Waals surface area (Å²) in [7, 11) is 0. The van der Waals surface area contributed by atoms with Crippen LogP contribution >= 0.6 is 11.8 Å². The van der Waals surface area contributed by atoms with Gasteiger partial charge in [0.1, 0.15) is 0 Å². The van der Waals surface area contributed by atoms with Crippen molar-refractivity contribution in [1.29, 1.82) is 0 Å². The predicted octanol–water partition coefficient (Wildman–Crippen LogP) is 3.68. The largest absolute Gasteiger partial charge is 0.325 e. The van der Waals surface area contributed by atoms with Crippen LogP contribution in [0.15, 0.2) is 42.5 Å². The number of nitrogens with one attached hydrogen (secondary N) is 1. The number of carbonyl (C=O) groups excluding carboxylic acids is 1. The Kier molecular flexibility index (Phi) is 6.07. The van der Waals surface area contributed by atoms with Gasteiger partial charge in [-0.05, 0) is 18.6 Å². The first-order valence-electron chi connectivity index (χ1n) is 7.23. The average molecular weight is 361 g/mol. The third kappa shape index (κ3) is 5.01. The van der Waals surface area contributed by atoms with Crippen molar-refractivity contribution < 1.29 is 14.6 Å². The number of hydrogen-bond acceptors (Lipinski definition) is 6. The van der Waals surface area contributed by atoms with Gasteiger partial charge in [0.15, 0.2) is 0 Å². The van der Waals surface area contributed by atoms with Crippen LogP contribution in [-0.4, -0.2) is 21.5 Å². The molecule has 1 N–H and O–H groups in total. The second kappa shape index (κ2) is 8.25. The molecule has 2 aromatic rings. The van der Waals surface area contributed by atoms with Crippen molar-refractivity contribution in [2.75, 3.05) is 11.1 Å². The second-order valence-corrected chi connectivity index (χ2v) is 6.16. The molecule has 25 heavy (non-hydrogen) atoms. The Morgan fingerprint density at radius 1 is 1.08 bits per heavy atom. The number of anilines is 1. The van der Waals surface area contributed by atoms with Crippen molar-refractivity contribution in [3.05, 3.63) is 73.8 Å². The minimum Gasteiger partial charge on any atom is -0.325 e. The van der Waals surface area contributed by atoms with E-state index >= 15 is 0 Å². The molecule has 0 aliphatic rings. The molecule has 0 aliphatic heterocycles. The van der Waals surface area contributed by atoms with E-state index in [2.05, 4.69) is 5.32 Å². The lowest BCUT2D eigenvalue weighted by molar-refractivity contribution is -0.385. The zero-order valence-corrected chi connectivity index (χ0v) is 14.1. The van der Waals surface area contributed by atoms with Crippen LogP contribution in [0.5, 0.6) is 0 Å². The van der Waals surface area contributed by atoms with Crippen molar-refractivity contribution in [3.63, 3.8) is 0 Å². The summed E-state index contributed by atoms with van der Waals surface area (Å²) in [5.41, 5.74) is 1.66. The van der Waals surface area contributed by atoms with Gasteiger partial charge in [-0.15, -0.1) is 11.8 Å². The normalized spacial score (nSPS) is 10.3. The highest BCUT2D eigenvalue weighted by Crippen LogP contribution is 2.25. The number of thioether (sulfide) groups is 1. The molecule has 0 unspecified atom stereocenters. The molecule has 0 fully saturated rings. The van der Waals surface area contributed by atoms with Gasteiger partial charge in [0.2, 0.25) is 5.91 Å². The number of nitro benzene ring substituents is 2. The Hall–Kier alpha value is -2.94. The van der Waals surface area contributed by atoms with Crippen LogP contribution < -0.4 is 5.32 Å². The second-order valence-electron chi connectivity index (χ2n) is 5.17. The lowest BCUT2D eigenvalue weighted by Crippen LogP contribution is -2.15. The molecule has 0 spiro atoms. The third-order valence-electron chi connectivity index (χ3n) is 3.43. The van der Waals surface area contributed by atoms with Gasteiger partial charge in [-0.3, -0.25) is 25.0 Å². The van der Waals surface area contributed by atoms with Crippen molar-refractivity contribution in [3.8, 4) is 0 Å². The molecule has 0 saturated carbocycles. The summed E-state index contributed by atoms with van der Waals surface area (Å²) in [6.45, 7) is 1.58. The van der Waals surface area contributed by atoms with Crippen LogP contribution in [-0.2, 0) is 10.5 Å². The first-order valence-corrected chi connectivity index (χ1v) is 8.39. The van der Waals surface area contributed by atoms with Crippen LogP contribution in [0.2, 0.25) is 0 Å². The minimum absolute atomic E-state index is 0.0210. The summed E-state index contributed by atoms with van der Waals surface area (Å²) in [4.78, 5) is 32.5. The van der Waals surface area contributed by atoms with Gasteiger partial charge in [-0.2, -0.15) is 0 Å². The zero-order chi connectivity index (χ0) is 18.4. The molecule has 0 aromatic heterocycles. The van der Waals surface area contributed by atoms with Gasteiger partial charge >= 0.3 is 0 Å². The molecule has 1 amide bonds. The highest BCUT2D eigenvalue weighted by Gasteiger charge is 2.14. The average Bonchev–Trinajstić information content (AvgIpc) is 2.57. The molecule has 0 aliphatic carbocycles. The fourth-order valence-corrected chi connectivity index (χ4v) is 2.91. The van der Waals surface area contributed by atoms with Crippen LogP contribution in [0.3, 0.4) is 0 Å². The van der Waals surface area contributed by atoms with E-state index in [4.69, 9.17) is 0 Å². The highest BCUT2D eigenvalue weighted by molar-refractivity contribution is 7.99. The SMILES string of the molecule is Cc1c(NC(=O)CSCc2ccc([N+](=O)[O-])cc2)cccc1[N+](=O)[O-]. The summed E-state index contributed by atoms with van der Waals surface area (Å²) >= 11 is 1.35. The fraction of sp³-hybridized carbons (Fsp3) is 0.188. The van der Waals surface area contributed by atoms with E-state index in [0.29, 0.717) is 17.0 Å². The van der Waals surface area contributed by atoms with E-state index in [1.165, 1.54) is 36.0 Å². The molecule has 0 radical (unpaired) electrons. The van der Waals surface area contributed by atoms with Crippen molar-refractivity contribution in [2.45, 2.75) is 12.7 Å². The summed E-state index contributed by atoms with van der Waals surface area (Å²) in [5.74, 6) is 0.425. The first kappa shape index (κ1) is 18.4. The van der Waals surface area contributed by atoms with E-state index in [-0.39, 0.29) is 23.0 Å². The van der Waals surface area contributed by atoms with Gasteiger partial charge in [-0.1, -0.05) is 18.2 Å². The summed E-state index contributed by atoms with van der Waals surface area (Å²) in [6.07, 6.45) is 0. The summed E-state index contributed by atoms with van der Waals surface area (Å²) in [5, 5.41) is 24.2. The molecular weight excluding hydrogens is 346 g/mol. The molecule has 0 saturated heterocycles. The molecule has 130 valence electrons. The van der Waals surface area contributed by atoms with Crippen molar-refractivity contribution in [2.24, 2.45) is 0 Å². The number of nitrogens with zero attached hydrogens (tertiary/aromatic N) is 2. The maximum absolute atomic E-state index is 12.0. The lowest BCUT2D eigenvalue weighted by atomic mass is 10.1. The fourth-order valence-electron chi connectivity index (χ4n) is 2.12. The van der Waals surface area contributed by atoms with Crippen molar-refractivity contribution in [1.82, 2.24) is 0 Å². The number of benzene rings is 2. The molecular formula is C16H15N3O5S. The van der Waals surface area contributed by atoms with E-state index in [0.717, 1.165) is 5.56 Å². The Bertz CT molecular complexity index is 808. The van der Waals surface area contributed by atoms with E-state index in [1.54, 1.807) is 25.1 Å². The van der Waals surface area contributed by atoms with Gasteiger partial charge in [0, 0.05) is 24.0 Å². The maximum atomic E-state index is 12.0. The minimum atomic E-state index is -0.492. The third-order valence-corrected chi connectivity index (χ3v) is 4.43. The first-order chi connectivity index (χ1) is 11.9. The molecule has 0 bridgehead atoms. The van der Waals surface area contributed by atoms with E-state index < -0.39 is 9.85 Å². The smallest absolute Gasteiger partial charge is 0.274 e.